The fourth-order valence-electron chi connectivity index (χ4n) is 1.79. The van der Waals surface area contributed by atoms with E-state index in [1.54, 1.807) is 18.2 Å². The molecular formula is C15H26N4O. The van der Waals surface area contributed by atoms with E-state index in [9.17, 15) is 4.79 Å². The average molecular weight is 278 g/mol. The highest BCUT2D eigenvalue weighted by atomic mass is 16.1. The lowest BCUT2D eigenvalue weighted by Gasteiger charge is -2.21. The zero-order valence-electron chi connectivity index (χ0n) is 12.9. The Balaban J connectivity index is 2.72. The van der Waals surface area contributed by atoms with Crippen LogP contribution in [0.5, 0.6) is 0 Å². The molecule has 0 aliphatic carbocycles. The molecular weight excluding hydrogens is 252 g/mol. The van der Waals surface area contributed by atoms with Gasteiger partial charge < -0.3 is 21.3 Å². The molecule has 0 aromatic heterocycles. The number of benzene rings is 1. The topological polar surface area (TPSA) is 70.4 Å². The Morgan fingerprint density at radius 2 is 2.10 bits per heavy atom. The van der Waals surface area contributed by atoms with Crippen LogP contribution in [0.15, 0.2) is 18.2 Å². The molecule has 0 spiro atoms. The number of hydrogen-bond acceptors (Lipinski definition) is 4. The van der Waals surface area contributed by atoms with E-state index in [-0.39, 0.29) is 5.91 Å². The van der Waals surface area contributed by atoms with Gasteiger partial charge >= 0.3 is 0 Å². The molecule has 1 aromatic carbocycles. The van der Waals surface area contributed by atoms with Crippen molar-refractivity contribution in [2.24, 2.45) is 0 Å². The summed E-state index contributed by atoms with van der Waals surface area (Å²) < 4.78 is 0. The smallest absolute Gasteiger partial charge is 0.253 e. The summed E-state index contributed by atoms with van der Waals surface area (Å²) >= 11 is 0. The number of nitrogens with one attached hydrogen (secondary N) is 2. The van der Waals surface area contributed by atoms with Crippen molar-refractivity contribution in [3.8, 4) is 0 Å². The number of nitrogen functional groups attached to an aromatic ring is 1. The molecule has 0 saturated carbocycles. The normalized spacial score (nSPS) is 10.9. The molecule has 112 valence electrons. The highest BCUT2D eigenvalue weighted by Crippen LogP contribution is 2.19. The molecule has 0 fully saturated rings. The average Bonchev–Trinajstić information content (AvgIpc) is 2.38. The molecule has 0 radical (unpaired) electrons. The minimum Gasteiger partial charge on any atom is -0.399 e. The van der Waals surface area contributed by atoms with Crippen LogP contribution in [-0.2, 0) is 0 Å². The maximum absolute atomic E-state index is 12.0. The van der Waals surface area contributed by atoms with E-state index in [2.05, 4.69) is 36.4 Å². The van der Waals surface area contributed by atoms with Crippen LogP contribution in [0.3, 0.4) is 0 Å². The fourth-order valence-corrected chi connectivity index (χ4v) is 1.79. The molecule has 1 aromatic rings. The van der Waals surface area contributed by atoms with Gasteiger partial charge in [0.25, 0.3) is 5.91 Å². The van der Waals surface area contributed by atoms with Gasteiger partial charge in [-0.1, -0.05) is 0 Å². The third-order valence-electron chi connectivity index (χ3n) is 3.29. The van der Waals surface area contributed by atoms with E-state index in [1.165, 1.54) is 0 Å². The molecule has 0 aliphatic heterocycles. The van der Waals surface area contributed by atoms with E-state index in [0.29, 0.717) is 23.8 Å². The molecule has 20 heavy (non-hydrogen) atoms. The van der Waals surface area contributed by atoms with Crippen molar-refractivity contribution in [2.75, 3.05) is 37.7 Å². The second-order valence-electron chi connectivity index (χ2n) is 5.17. The minimum absolute atomic E-state index is 0.0767. The molecule has 0 atom stereocenters. The lowest BCUT2D eigenvalue weighted by Crippen LogP contribution is -2.31. The van der Waals surface area contributed by atoms with Crippen LogP contribution in [-0.4, -0.2) is 43.5 Å². The lowest BCUT2D eigenvalue weighted by molar-refractivity contribution is 0.0956. The van der Waals surface area contributed by atoms with Crippen molar-refractivity contribution in [1.82, 2.24) is 10.2 Å². The Labute approximate surface area is 121 Å². The van der Waals surface area contributed by atoms with Crippen molar-refractivity contribution in [2.45, 2.75) is 26.8 Å². The summed E-state index contributed by atoms with van der Waals surface area (Å²) in [6, 6.07) is 5.81. The Morgan fingerprint density at radius 3 is 2.70 bits per heavy atom. The van der Waals surface area contributed by atoms with E-state index in [1.807, 2.05) is 6.92 Å². The minimum atomic E-state index is -0.0767. The van der Waals surface area contributed by atoms with Gasteiger partial charge in [-0.3, -0.25) is 4.79 Å². The molecule has 5 nitrogen and oxygen atoms in total. The van der Waals surface area contributed by atoms with Gasteiger partial charge in [-0.25, -0.2) is 0 Å². The van der Waals surface area contributed by atoms with Gasteiger partial charge in [0.2, 0.25) is 0 Å². The van der Waals surface area contributed by atoms with Gasteiger partial charge in [0.05, 0.1) is 5.56 Å². The summed E-state index contributed by atoms with van der Waals surface area (Å²) in [5.74, 6) is -0.0767. The van der Waals surface area contributed by atoms with Crippen molar-refractivity contribution >= 4 is 17.3 Å². The number of rotatable bonds is 7. The Hall–Kier alpha value is -1.75. The van der Waals surface area contributed by atoms with Gasteiger partial charge in [0, 0.05) is 37.1 Å². The predicted molar refractivity (Wildman–Crippen MR) is 85.1 cm³/mol. The lowest BCUT2D eigenvalue weighted by atomic mass is 10.1. The maximum atomic E-state index is 12.0. The number of nitrogens with two attached hydrogens (primary N) is 1. The molecule has 0 unspecified atom stereocenters. The van der Waals surface area contributed by atoms with Crippen molar-refractivity contribution in [3.05, 3.63) is 23.8 Å². The number of nitrogens with zero attached hydrogens (tertiary/aromatic N) is 1. The third kappa shape index (κ3) is 4.74. The van der Waals surface area contributed by atoms with Gasteiger partial charge in [-0.05, 0) is 46.0 Å². The third-order valence-corrected chi connectivity index (χ3v) is 3.29. The zero-order chi connectivity index (χ0) is 15.1. The summed E-state index contributed by atoms with van der Waals surface area (Å²) in [5.41, 5.74) is 7.87. The summed E-state index contributed by atoms with van der Waals surface area (Å²) in [7, 11) is 2.08. The number of carbonyl (C=O) groups excluding carboxylic acids is 1. The van der Waals surface area contributed by atoms with Gasteiger partial charge in [0.1, 0.15) is 0 Å². The Bertz CT molecular complexity index is 445. The monoisotopic (exact) mass is 278 g/mol. The standard InChI is InChI=1S/C15H26N4O/c1-5-17-15(20)13-7-6-12(16)10-14(13)18-8-9-19(4)11(2)3/h6-7,10-11,18H,5,8-9,16H2,1-4H3,(H,17,20). The van der Waals surface area contributed by atoms with E-state index >= 15 is 0 Å². The zero-order valence-corrected chi connectivity index (χ0v) is 12.9. The Kier molecular flexibility index (Phi) is 6.31. The highest BCUT2D eigenvalue weighted by molar-refractivity contribution is 6.00. The number of amides is 1. The molecule has 0 saturated heterocycles. The summed E-state index contributed by atoms with van der Waals surface area (Å²) in [6.45, 7) is 8.49. The van der Waals surface area contributed by atoms with Crippen LogP contribution in [0.4, 0.5) is 11.4 Å². The van der Waals surface area contributed by atoms with E-state index in [4.69, 9.17) is 5.73 Å². The molecule has 4 N–H and O–H groups in total. The van der Waals surface area contributed by atoms with Gasteiger partial charge in [-0.2, -0.15) is 0 Å². The number of anilines is 2. The highest BCUT2D eigenvalue weighted by Gasteiger charge is 2.11. The van der Waals surface area contributed by atoms with E-state index < -0.39 is 0 Å². The summed E-state index contributed by atoms with van der Waals surface area (Å²) in [6.07, 6.45) is 0. The van der Waals surface area contributed by atoms with Gasteiger partial charge in [-0.15, -0.1) is 0 Å². The van der Waals surface area contributed by atoms with Crippen LogP contribution < -0.4 is 16.4 Å². The first-order valence-corrected chi connectivity index (χ1v) is 7.07. The first kappa shape index (κ1) is 16.3. The van der Waals surface area contributed by atoms with Crippen LogP contribution in [0.1, 0.15) is 31.1 Å². The molecule has 5 heteroatoms. The summed E-state index contributed by atoms with van der Waals surface area (Å²) in [5, 5.41) is 6.11. The van der Waals surface area contributed by atoms with Crippen LogP contribution >= 0.6 is 0 Å². The molecule has 0 heterocycles. The first-order chi connectivity index (χ1) is 9.45. The second-order valence-corrected chi connectivity index (χ2v) is 5.17. The number of hydrogen-bond donors (Lipinski definition) is 3. The van der Waals surface area contributed by atoms with Crippen LogP contribution in [0.25, 0.3) is 0 Å². The SMILES string of the molecule is CCNC(=O)c1ccc(N)cc1NCCN(C)C(C)C. The van der Waals surface area contributed by atoms with Gasteiger partial charge in [0.15, 0.2) is 0 Å². The van der Waals surface area contributed by atoms with Crippen molar-refractivity contribution in [3.63, 3.8) is 0 Å². The first-order valence-electron chi connectivity index (χ1n) is 7.07. The number of carbonyl (C=O) groups is 1. The van der Waals surface area contributed by atoms with Crippen molar-refractivity contribution < 1.29 is 4.79 Å². The fraction of sp³-hybridized carbons (Fsp3) is 0.533. The largest absolute Gasteiger partial charge is 0.399 e. The Morgan fingerprint density at radius 1 is 1.40 bits per heavy atom. The second kappa shape index (κ2) is 7.75. The predicted octanol–water partition coefficient (Wildman–Crippen LogP) is 1.77. The number of likely N-dealkylation sites (N-methyl/N-ethyl adjacent to an activating group) is 1. The van der Waals surface area contributed by atoms with Crippen LogP contribution in [0.2, 0.25) is 0 Å². The maximum Gasteiger partial charge on any atom is 0.253 e. The quantitative estimate of drug-likeness (QED) is 0.665. The summed E-state index contributed by atoms with van der Waals surface area (Å²) in [4.78, 5) is 14.2. The molecule has 0 bridgehead atoms. The molecule has 1 amide bonds. The van der Waals surface area contributed by atoms with Crippen molar-refractivity contribution in [1.29, 1.82) is 0 Å². The molecule has 1 rings (SSSR count). The molecule has 0 aliphatic rings. The van der Waals surface area contributed by atoms with Crippen LogP contribution in [0, 0.1) is 0 Å². The van der Waals surface area contributed by atoms with E-state index in [0.717, 1.165) is 18.8 Å².